The van der Waals surface area contributed by atoms with Gasteiger partial charge in [0.1, 0.15) is 11.5 Å². The lowest BCUT2D eigenvalue weighted by Gasteiger charge is -2.33. The molecule has 0 atom stereocenters. The molecular formula is C18H16F5N5O3S. The lowest BCUT2D eigenvalue weighted by Crippen LogP contribution is -2.48. The predicted molar refractivity (Wildman–Crippen MR) is 104 cm³/mol. The molecule has 0 radical (unpaired) electrons. The smallest absolute Gasteiger partial charge is 0.419 e. The number of halogens is 5. The molecule has 3 heterocycles. The number of hydrogen-bond donors (Lipinski definition) is 1. The van der Waals surface area contributed by atoms with Gasteiger partial charge in [-0.05, 0) is 12.1 Å². The van der Waals surface area contributed by atoms with Crippen LogP contribution in [0.3, 0.4) is 0 Å². The summed E-state index contributed by atoms with van der Waals surface area (Å²) in [5.41, 5.74) is -2.49. The zero-order valence-electron chi connectivity index (χ0n) is 16.4. The fourth-order valence-corrected chi connectivity index (χ4v) is 4.32. The third-order valence-corrected chi connectivity index (χ3v) is 6.47. The highest BCUT2D eigenvalue weighted by Crippen LogP contribution is 2.39. The van der Waals surface area contributed by atoms with E-state index in [1.165, 1.54) is 16.7 Å². The molecule has 0 bridgehead atoms. The molecule has 8 nitrogen and oxygen atoms in total. The number of hydrogen-bond acceptors (Lipinski definition) is 6. The Balaban J connectivity index is 1.70. The Bertz CT molecular complexity index is 1300. The fourth-order valence-electron chi connectivity index (χ4n) is 3.50. The molecule has 0 aliphatic carbocycles. The second-order valence-corrected chi connectivity index (χ2v) is 9.21. The van der Waals surface area contributed by atoms with Gasteiger partial charge in [-0.1, -0.05) is 0 Å². The molecule has 0 unspecified atom stereocenters. The van der Waals surface area contributed by atoms with Crippen LogP contribution >= 0.6 is 0 Å². The summed E-state index contributed by atoms with van der Waals surface area (Å²) in [6, 6.07) is 1.80. The second kappa shape index (κ2) is 7.55. The van der Waals surface area contributed by atoms with Gasteiger partial charge in [0.15, 0.2) is 17.4 Å². The summed E-state index contributed by atoms with van der Waals surface area (Å²) in [6.07, 6.45) is -1.52. The first-order valence-corrected chi connectivity index (χ1v) is 11.0. The van der Waals surface area contributed by atoms with Crippen molar-refractivity contribution in [2.24, 2.45) is 0 Å². The van der Waals surface area contributed by atoms with Crippen LogP contribution in [0, 0.1) is 11.6 Å². The molecule has 14 heteroatoms. The van der Waals surface area contributed by atoms with Gasteiger partial charge in [0.05, 0.1) is 29.7 Å². The van der Waals surface area contributed by atoms with E-state index in [-0.39, 0.29) is 24.7 Å². The van der Waals surface area contributed by atoms with Crippen LogP contribution in [0.25, 0.3) is 16.6 Å². The lowest BCUT2D eigenvalue weighted by molar-refractivity contribution is -0.140. The molecule has 0 amide bonds. The number of phenols is 1. The average molecular weight is 477 g/mol. The molecule has 0 saturated carbocycles. The third kappa shape index (κ3) is 3.83. The quantitative estimate of drug-likeness (QED) is 0.583. The summed E-state index contributed by atoms with van der Waals surface area (Å²) in [5, 5.41) is 13.8. The maximum atomic E-state index is 14.4. The molecule has 0 spiro atoms. The summed E-state index contributed by atoms with van der Waals surface area (Å²) >= 11 is 0. The topological polar surface area (TPSA) is 91.6 Å². The van der Waals surface area contributed by atoms with Crippen LogP contribution in [0.1, 0.15) is 5.56 Å². The van der Waals surface area contributed by atoms with Crippen LogP contribution in [0.15, 0.2) is 24.5 Å². The first-order valence-electron chi connectivity index (χ1n) is 9.20. The Labute approximate surface area is 178 Å². The van der Waals surface area contributed by atoms with Gasteiger partial charge in [-0.3, -0.25) is 0 Å². The van der Waals surface area contributed by atoms with Crippen molar-refractivity contribution in [1.29, 1.82) is 0 Å². The number of alkyl halides is 3. The van der Waals surface area contributed by atoms with Gasteiger partial charge >= 0.3 is 6.18 Å². The van der Waals surface area contributed by atoms with Gasteiger partial charge in [-0.15, -0.1) is 0 Å². The number of benzene rings is 1. The van der Waals surface area contributed by atoms with E-state index in [1.807, 2.05) is 4.90 Å². The predicted octanol–water partition coefficient (Wildman–Crippen LogP) is 2.50. The average Bonchev–Trinajstić information content (AvgIpc) is 3.14. The number of fused-ring (bicyclic) bond motifs is 1. The molecule has 2 aromatic heterocycles. The van der Waals surface area contributed by atoms with Gasteiger partial charge in [0, 0.05) is 31.6 Å². The molecular weight excluding hydrogens is 461 g/mol. The molecule has 1 aromatic carbocycles. The minimum atomic E-state index is -5.16. The summed E-state index contributed by atoms with van der Waals surface area (Å²) < 4.78 is 92.9. The Hall–Kier alpha value is -3.00. The lowest BCUT2D eigenvalue weighted by atomic mass is 10.1. The number of nitrogens with zero attached hydrogens (tertiary/aromatic N) is 5. The van der Waals surface area contributed by atoms with E-state index in [2.05, 4.69) is 10.1 Å². The van der Waals surface area contributed by atoms with Crippen molar-refractivity contribution < 1.29 is 35.5 Å². The number of anilines is 1. The Morgan fingerprint density at radius 3 is 2.28 bits per heavy atom. The van der Waals surface area contributed by atoms with Gasteiger partial charge in [0.2, 0.25) is 10.0 Å². The molecule has 1 saturated heterocycles. The monoisotopic (exact) mass is 477 g/mol. The molecule has 4 rings (SSSR count). The van der Waals surface area contributed by atoms with Crippen LogP contribution in [0.2, 0.25) is 0 Å². The van der Waals surface area contributed by atoms with Gasteiger partial charge in [-0.25, -0.2) is 26.9 Å². The van der Waals surface area contributed by atoms with E-state index in [9.17, 15) is 35.5 Å². The van der Waals surface area contributed by atoms with E-state index in [0.717, 1.165) is 10.9 Å². The van der Waals surface area contributed by atoms with Crippen molar-refractivity contribution in [2.45, 2.75) is 6.18 Å². The second-order valence-electron chi connectivity index (χ2n) is 7.22. The highest BCUT2D eigenvalue weighted by Gasteiger charge is 2.38. The van der Waals surface area contributed by atoms with Gasteiger partial charge < -0.3 is 10.0 Å². The van der Waals surface area contributed by atoms with Gasteiger partial charge in [0.25, 0.3) is 0 Å². The minimum absolute atomic E-state index is 0.126. The molecule has 1 fully saturated rings. The number of piperazine rings is 1. The fraction of sp³-hybridized carbons (Fsp3) is 0.333. The van der Waals surface area contributed by atoms with Crippen molar-refractivity contribution in [3.8, 4) is 11.4 Å². The highest BCUT2D eigenvalue weighted by atomic mass is 32.2. The van der Waals surface area contributed by atoms with Crippen molar-refractivity contribution in [3.63, 3.8) is 0 Å². The van der Waals surface area contributed by atoms with E-state index in [0.29, 0.717) is 24.3 Å². The zero-order valence-corrected chi connectivity index (χ0v) is 17.3. The van der Waals surface area contributed by atoms with Crippen molar-refractivity contribution in [3.05, 3.63) is 41.7 Å². The maximum Gasteiger partial charge on any atom is 0.419 e. The van der Waals surface area contributed by atoms with Crippen LogP contribution in [-0.2, 0) is 16.2 Å². The zero-order chi connectivity index (χ0) is 23.4. The van der Waals surface area contributed by atoms with Crippen LogP contribution in [0.5, 0.6) is 5.75 Å². The van der Waals surface area contributed by atoms with E-state index in [1.54, 1.807) is 6.07 Å². The molecule has 1 N–H and O–H groups in total. The molecule has 172 valence electrons. The van der Waals surface area contributed by atoms with Crippen molar-refractivity contribution in [2.75, 3.05) is 37.3 Å². The summed E-state index contributed by atoms with van der Waals surface area (Å²) in [7, 11) is -3.31. The number of aromatic nitrogens is 3. The normalized spacial score (nSPS) is 16.1. The largest absolute Gasteiger partial charge is 0.503 e. The molecule has 32 heavy (non-hydrogen) atoms. The van der Waals surface area contributed by atoms with E-state index < -0.39 is 44.8 Å². The Kier molecular flexibility index (Phi) is 5.24. The Morgan fingerprint density at radius 1 is 1.03 bits per heavy atom. The van der Waals surface area contributed by atoms with Gasteiger partial charge in [-0.2, -0.15) is 22.6 Å². The van der Waals surface area contributed by atoms with E-state index >= 15 is 0 Å². The van der Waals surface area contributed by atoms with E-state index in [4.69, 9.17) is 0 Å². The summed E-state index contributed by atoms with van der Waals surface area (Å²) in [4.78, 5) is 6.06. The van der Waals surface area contributed by atoms with Crippen LogP contribution in [0.4, 0.5) is 27.8 Å². The molecule has 1 aliphatic rings. The maximum absolute atomic E-state index is 14.4. The standard InChI is InChI=1S/C18H16F5N5O3S/c1-32(30,31)27-4-2-26(3-5-27)14-6-10-8-25-28(13(10)9-24-14)12-7-11(18(21,22)23)15(19)17(29)16(12)20/h6-9,29H,2-5H2,1H3. The van der Waals surface area contributed by atoms with Crippen molar-refractivity contribution >= 4 is 26.7 Å². The SMILES string of the molecule is CS(=O)(=O)N1CCN(c2cc3cnn(-c4cc(C(F)(F)F)c(F)c(O)c4F)c3cn2)CC1. The van der Waals surface area contributed by atoms with Crippen LogP contribution in [-0.4, -0.2) is 65.0 Å². The summed E-state index contributed by atoms with van der Waals surface area (Å²) in [6.45, 7) is 1.26. The highest BCUT2D eigenvalue weighted by molar-refractivity contribution is 7.88. The summed E-state index contributed by atoms with van der Waals surface area (Å²) in [5.74, 6) is -4.99. The number of aromatic hydroxyl groups is 1. The number of rotatable bonds is 3. The first kappa shape index (κ1) is 22.2. The number of pyridine rings is 1. The third-order valence-electron chi connectivity index (χ3n) is 5.16. The van der Waals surface area contributed by atoms with Crippen LogP contribution < -0.4 is 4.90 Å². The first-order chi connectivity index (χ1) is 14.9. The molecule has 3 aromatic rings. The Morgan fingerprint density at radius 2 is 1.69 bits per heavy atom. The van der Waals surface area contributed by atoms with Crippen molar-refractivity contribution in [1.82, 2.24) is 19.1 Å². The number of phenolic OH excluding ortho intramolecular Hbond substituents is 1. The molecule has 1 aliphatic heterocycles. The number of sulfonamides is 1. The minimum Gasteiger partial charge on any atom is -0.503 e.